The molecule has 1 atom stereocenters. The second kappa shape index (κ2) is 5.79. The number of rotatable bonds is 4. The second-order valence-electron chi connectivity index (χ2n) is 3.46. The number of benzene rings is 1. The van der Waals surface area contributed by atoms with Crippen molar-refractivity contribution in [2.45, 2.75) is 13.0 Å². The van der Waals surface area contributed by atoms with Gasteiger partial charge in [-0.05, 0) is 30.7 Å². The normalized spacial score (nSPS) is 12.4. The molecule has 1 amide bonds. The maximum absolute atomic E-state index is 12.8. The van der Waals surface area contributed by atoms with Crippen LogP contribution in [0, 0.1) is 5.82 Å². The van der Waals surface area contributed by atoms with Crippen molar-refractivity contribution in [2.24, 2.45) is 0 Å². The lowest BCUT2D eigenvalue weighted by molar-refractivity contribution is -0.140. The smallest absolute Gasteiger partial charge is 0.325 e. The number of carboxylic acids is 1. The number of carboxylic acid groups (broad SMARTS) is 1. The molecule has 0 spiro atoms. The number of amides is 1. The van der Waals surface area contributed by atoms with Crippen LogP contribution in [0.5, 0.6) is 0 Å². The maximum atomic E-state index is 12.8. The van der Waals surface area contributed by atoms with E-state index in [9.17, 15) is 14.0 Å². The van der Waals surface area contributed by atoms with E-state index in [4.69, 9.17) is 5.11 Å². The lowest BCUT2D eigenvalue weighted by Crippen LogP contribution is -2.37. The number of hydrogen-bond acceptors (Lipinski definition) is 2. The standard InChI is InChI=1S/C12H12FNO3/c1-8(12(16)17)14-11(15)6-5-9-3-2-4-10(13)7-9/h2-8H,1H3,(H,14,15)(H,16,17)/b6-5+/t8-/m0/s1. The van der Waals surface area contributed by atoms with Crippen molar-refractivity contribution < 1.29 is 19.1 Å². The van der Waals surface area contributed by atoms with E-state index in [0.717, 1.165) is 6.08 Å². The van der Waals surface area contributed by atoms with Crippen LogP contribution >= 0.6 is 0 Å². The molecular formula is C12H12FNO3. The van der Waals surface area contributed by atoms with Crippen LogP contribution in [-0.4, -0.2) is 23.0 Å². The number of nitrogens with one attached hydrogen (secondary N) is 1. The summed E-state index contributed by atoms with van der Waals surface area (Å²) in [5.41, 5.74) is 0.531. The molecule has 90 valence electrons. The van der Waals surface area contributed by atoms with Gasteiger partial charge in [0.05, 0.1) is 0 Å². The van der Waals surface area contributed by atoms with E-state index in [0.29, 0.717) is 5.56 Å². The van der Waals surface area contributed by atoms with Crippen molar-refractivity contribution >= 4 is 18.0 Å². The van der Waals surface area contributed by atoms with Gasteiger partial charge in [0.1, 0.15) is 11.9 Å². The van der Waals surface area contributed by atoms with Crippen molar-refractivity contribution in [3.05, 3.63) is 41.7 Å². The van der Waals surface area contributed by atoms with Crippen molar-refractivity contribution in [1.29, 1.82) is 0 Å². The molecule has 1 aromatic carbocycles. The molecule has 0 aliphatic rings. The zero-order valence-corrected chi connectivity index (χ0v) is 9.18. The Hall–Kier alpha value is -2.17. The van der Waals surface area contributed by atoms with Crippen LogP contribution in [0.3, 0.4) is 0 Å². The first-order valence-electron chi connectivity index (χ1n) is 4.96. The van der Waals surface area contributed by atoms with Gasteiger partial charge < -0.3 is 10.4 Å². The molecule has 0 heterocycles. The van der Waals surface area contributed by atoms with Gasteiger partial charge in [0.25, 0.3) is 0 Å². The van der Waals surface area contributed by atoms with Crippen LogP contribution in [0.1, 0.15) is 12.5 Å². The average molecular weight is 237 g/mol. The largest absolute Gasteiger partial charge is 0.480 e. The minimum absolute atomic E-state index is 0.397. The Morgan fingerprint density at radius 3 is 2.76 bits per heavy atom. The summed E-state index contributed by atoms with van der Waals surface area (Å²) in [6.07, 6.45) is 2.57. The third-order valence-electron chi connectivity index (χ3n) is 2.01. The summed E-state index contributed by atoms with van der Waals surface area (Å²) in [5.74, 6) is -2.05. The second-order valence-corrected chi connectivity index (χ2v) is 3.46. The Labute approximate surface area is 97.8 Å². The molecule has 0 unspecified atom stereocenters. The van der Waals surface area contributed by atoms with Crippen molar-refractivity contribution in [3.8, 4) is 0 Å². The van der Waals surface area contributed by atoms with E-state index in [2.05, 4.69) is 5.32 Å². The minimum Gasteiger partial charge on any atom is -0.480 e. The fourth-order valence-corrected chi connectivity index (χ4v) is 1.11. The average Bonchev–Trinajstić information content (AvgIpc) is 2.26. The molecule has 0 aromatic heterocycles. The SMILES string of the molecule is C[C@H](NC(=O)/C=C/c1cccc(F)c1)C(=O)O. The summed E-state index contributed by atoms with van der Waals surface area (Å²) in [6, 6.07) is 4.76. The van der Waals surface area contributed by atoms with Gasteiger partial charge in [-0.2, -0.15) is 0 Å². The minimum atomic E-state index is -1.11. The van der Waals surface area contributed by atoms with Crippen LogP contribution in [0.15, 0.2) is 30.3 Å². The number of aliphatic carboxylic acids is 1. The molecule has 1 aromatic rings. The summed E-state index contributed by atoms with van der Waals surface area (Å²) in [7, 11) is 0. The first-order valence-corrected chi connectivity index (χ1v) is 4.96. The zero-order valence-electron chi connectivity index (χ0n) is 9.18. The summed E-state index contributed by atoms with van der Waals surface area (Å²) < 4.78 is 12.8. The fourth-order valence-electron chi connectivity index (χ4n) is 1.11. The zero-order chi connectivity index (χ0) is 12.8. The van der Waals surface area contributed by atoms with Crippen LogP contribution in [-0.2, 0) is 9.59 Å². The maximum Gasteiger partial charge on any atom is 0.325 e. The summed E-state index contributed by atoms with van der Waals surface area (Å²) >= 11 is 0. The quantitative estimate of drug-likeness (QED) is 0.778. The van der Waals surface area contributed by atoms with Gasteiger partial charge in [0, 0.05) is 6.08 Å². The summed E-state index contributed by atoms with van der Waals surface area (Å²) in [4.78, 5) is 21.7. The molecule has 0 bridgehead atoms. The lowest BCUT2D eigenvalue weighted by atomic mass is 10.2. The molecule has 17 heavy (non-hydrogen) atoms. The number of carbonyl (C=O) groups is 2. The van der Waals surface area contributed by atoms with Crippen LogP contribution < -0.4 is 5.32 Å². The van der Waals surface area contributed by atoms with E-state index < -0.39 is 23.7 Å². The number of halogens is 1. The molecule has 0 aliphatic heterocycles. The Kier molecular flexibility index (Phi) is 4.39. The number of carbonyl (C=O) groups excluding carboxylic acids is 1. The van der Waals surface area contributed by atoms with E-state index in [1.807, 2.05) is 0 Å². The van der Waals surface area contributed by atoms with Gasteiger partial charge in [0.15, 0.2) is 0 Å². The van der Waals surface area contributed by atoms with Gasteiger partial charge in [-0.3, -0.25) is 9.59 Å². The van der Waals surface area contributed by atoms with Crippen molar-refractivity contribution in [1.82, 2.24) is 5.32 Å². The van der Waals surface area contributed by atoms with Gasteiger partial charge in [-0.25, -0.2) is 4.39 Å². The van der Waals surface area contributed by atoms with Gasteiger partial charge in [-0.1, -0.05) is 12.1 Å². The summed E-state index contributed by atoms with van der Waals surface area (Å²) in [5, 5.41) is 10.8. The molecule has 0 aliphatic carbocycles. The van der Waals surface area contributed by atoms with E-state index in [1.165, 1.54) is 31.2 Å². The van der Waals surface area contributed by atoms with Crippen LogP contribution in [0.4, 0.5) is 4.39 Å². The first kappa shape index (κ1) is 12.9. The molecular weight excluding hydrogens is 225 g/mol. The Balaban J connectivity index is 2.59. The first-order chi connectivity index (χ1) is 7.99. The van der Waals surface area contributed by atoms with E-state index in [-0.39, 0.29) is 0 Å². The molecule has 4 nitrogen and oxygen atoms in total. The highest BCUT2D eigenvalue weighted by Crippen LogP contribution is 2.05. The van der Waals surface area contributed by atoms with Crippen LogP contribution in [0.2, 0.25) is 0 Å². The van der Waals surface area contributed by atoms with Gasteiger partial charge in [-0.15, -0.1) is 0 Å². The third-order valence-corrected chi connectivity index (χ3v) is 2.01. The molecule has 0 radical (unpaired) electrons. The van der Waals surface area contributed by atoms with Crippen molar-refractivity contribution in [3.63, 3.8) is 0 Å². The predicted octanol–water partition coefficient (Wildman–Crippen LogP) is 1.43. The molecule has 0 saturated carbocycles. The lowest BCUT2D eigenvalue weighted by Gasteiger charge is -2.05. The Bertz CT molecular complexity index is 457. The Morgan fingerprint density at radius 2 is 2.18 bits per heavy atom. The number of hydrogen-bond donors (Lipinski definition) is 2. The third kappa shape index (κ3) is 4.46. The summed E-state index contributed by atoms with van der Waals surface area (Å²) in [6.45, 7) is 1.36. The highest BCUT2D eigenvalue weighted by atomic mass is 19.1. The van der Waals surface area contributed by atoms with E-state index in [1.54, 1.807) is 6.07 Å². The van der Waals surface area contributed by atoms with Crippen LogP contribution in [0.25, 0.3) is 6.08 Å². The topological polar surface area (TPSA) is 66.4 Å². The highest BCUT2D eigenvalue weighted by Gasteiger charge is 2.11. The Morgan fingerprint density at radius 1 is 1.47 bits per heavy atom. The van der Waals surface area contributed by atoms with E-state index >= 15 is 0 Å². The van der Waals surface area contributed by atoms with Gasteiger partial charge in [0.2, 0.25) is 5.91 Å². The predicted molar refractivity (Wildman–Crippen MR) is 60.7 cm³/mol. The molecule has 2 N–H and O–H groups in total. The fraction of sp³-hybridized carbons (Fsp3) is 0.167. The molecule has 0 fully saturated rings. The van der Waals surface area contributed by atoms with Crippen molar-refractivity contribution in [2.75, 3.05) is 0 Å². The molecule has 5 heteroatoms. The molecule has 1 rings (SSSR count). The molecule has 0 saturated heterocycles. The monoisotopic (exact) mass is 237 g/mol. The van der Waals surface area contributed by atoms with Gasteiger partial charge >= 0.3 is 5.97 Å². The highest BCUT2D eigenvalue weighted by molar-refractivity contribution is 5.94.